The lowest BCUT2D eigenvalue weighted by Gasteiger charge is -2.12. The van der Waals surface area contributed by atoms with Gasteiger partial charge in [-0.1, -0.05) is 6.58 Å². The number of carbonyl (C=O) groups excluding carboxylic acids is 2. The van der Waals surface area contributed by atoms with Gasteiger partial charge in [0.05, 0.1) is 6.04 Å². The van der Waals surface area contributed by atoms with Crippen molar-refractivity contribution in [3.05, 3.63) is 12.8 Å². The van der Waals surface area contributed by atoms with Crippen molar-refractivity contribution in [3.63, 3.8) is 0 Å². The van der Waals surface area contributed by atoms with E-state index in [1.165, 1.54) is 11.1 Å². The van der Waals surface area contributed by atoms with E-state index in [2.05, 4.69) is 11.3 Å². The minimum atomic E-state index is -0.424. The summed E-state index contributed by atoms with van der Waals surface area (Å²) in [5.74, 6) is 0. The van der Waals surface area contributed by atoms with Gasteiger partial charge in [0.2, 0.25) is 0 Å². The molecule has 1 aliphatic rings. The molecular formula is C7H9NO3. The second-order valence-corrected chi connectivity index (χ2v) is 2.22. The standard InChI is InChI=1S/C7H9NO3/c1-2-8-6(3-4-9)5-11-7(8)10/h2,4,6H,1,3,5H2/t6-/m0/s1. The number of ether oxygens (including phenoxy) is 1. The van der Waals surface area contributed by atoms with Gasteiger partial charge in [0.15, 0.2) is 0 Å². The molecule has 0 aliphatic carbocycles. The number of aldehydes is 1. The Labute approximate surface area is 64.4 Å². The van der Waals surface area contributed by atoms with E-state index in [0.717, 1.165) is 6.29 Å². The van der Waals surface area contributed by atoms with Crippen LogP contribution in [-0.2, 0) is 9.53 Å². The van der Waals surface area contributed by atoms with Crippen LogP contribution in [0.5, 0.6) is 0 Å². The van der Waals surface area contributed by atoms with E-state index in [0.29, 0.717) is 6.42 Å². The third kappa shape index (κ3) is 1.39. The lowest BCUT2D eigenvalue weighted by molar-refractivity contribution is -0.108. The van der Waals surface area contributed by atoms with Crippen LogP contribution < -0.4 is 0 Å². The molecule has 1 heterocycles. The first-order valence-corrected chi connectivity index (χ1v) is 3.31. The molecule has 0 unspecified atom stereocenters. The molecule has 1 fully saturated rings. The molecule has 0 spiro atoms. The summed E-state index contributed by atoms with van der Waals surface area (Å²) in [6.07, 6.45) is 2.02. The quantitative estimate of drug-likeness (QED) is 0.559. The van der Waals surface area contributed by atoms with E-state index < -0.39 is 6.09 Å². The Morgan fingerprint density at radius 3 is 3.09 bits per heavy atom. The molecule has 0 N–H and O–H groups in total. The number of hydrogen-bond donors (Lipinski definition) is 0. The van der Waals surface area contributed by atoms with Crippen molar-refractivity contribution in [1.82, 2.24) is 4.90 Å². The average Bonchev–Trinajstić information content (AvgIpc) is 2.33. The van der Waals surface area contributed by atoms with Gasteiger partial charge in [-0.3, -0.25) is 4.90 Å². The van der Waals surface area contributed by atoms with Gasteiger partial charge in [-0.25, -0.2) is 4.79 Å². The van der Waals surface area contributed by atoms with Gasteiger partial charge in [-0.05, 0) is 0 Å². The molecule has 0 aromatic carbocycles. The Morgan fingerprint density at radius 2 is 2.55 bits per heavy atom. The van der Waals surface area contributed by atoms with E-state index in [1.807, 2.05) is 0 Å². The van der Waals surface area contributed by atoms with Gasteiger partial charge in [0, 0.05) is 12.6 Å². The van der Waals surface area contributed by atoms with Gasteiger partial charge in [0.1, 0.15) is 12.9 Å². The van der Waals surface area contributed by atoms with Crippen LogP contribution in [0.25, 0.3) is 0 Å². The summed E-state index contributed by atoms with van der Waals surface area (Å²) in [6, 6.07) is -0.155. The number of nitrogens with zero attached hydrogens (tertiary/aromatic N) is 1. The van der Waals surface area contributed by atoms with Crippen molar-refractivity contribution in [2.24, 2.45) is 0 Å². The molecule has 1 aliphatic heterocycles. The molecule has 1 rings (SSSR count). The Morgan fingerprint density at radius 1 is 1.82 bits per heavy atom. The fourth-order valence-corrected chi connectivity index (χ4v) is 0.988. The highest BCUT2D eigenvalue weighted by atomic mass is 16.6. The molecular weight excluding hydrogens is 146 g/mol. The van der Waals surface area contributed by atoms with Crippen LogP contribution in [0.3, 0.4) is 0 Å². The predicted octanol–water partition coefficient (Wildman–Crippen LogP) is 0.540. The summed E-state index contributed by atoms with van der Waals surface area (Å²) in [6.45, 7) is 3.72. The highest BCUT2D eigenvalue weighted by Crippen LogP contribution is 2.13. The summed E-state index contributed by atoms with van der Waals surface area (Å²) in [5, 5.41) is 0. The second-order valence-electron chi connectivity index (χ2n) is 2.22. The van der Waals surface area contributed by atoms with Crippen molar-refractivity contribution in [2.75, 3.05) is 6.61 Å². The van der Waals surface area contributed by atoms with Crippen LogP contribution in [0.1, 0.15) is 6.42 Å². The smallest absolute Gasteiger partial charge is 0.414 e. The van der Waals surface area contributed by atoms with E-state index in [-0.39, 0.29) is 12.6 Å². The normalized spacial score (nSPS) is 23.1. The summed E-state index contributed by atoms with van der Waals surface area (Å²) in [7, 11) is 0. The minimum Gasteiger partial charge on any atom is -0.447 e. The van der Waals surface area contributed by atoms with Crippen LogP contribution >= 0.6 is 0 Å². The summed E-state index contributed by atoms with van der Waals surface area (Å²) in [5.41, 5.74) is 0. The Balaban J connectivity index is 2.60. The van der Waals surface area contributed by atoms with Crippen LogP contribution in [0.15, 0.2) is 12.8 Å². The molecule has 0 aromatic heterocycles. The molecule has 0 saturated carbocycles. The van der Waals surface area contributed by atoms with E-state index in [1.54, 1.807) is 0 Å². The summed E-state index contributed by atoms with van der Waals surface area (Å²) in [4.78, 5) is 22.2. The maximum atomic E-state index is 10.8. The fraction of sp³-hybridized carbons (Fsp3) is 0.429. The Bertz CT molecular complexity index is 190. The molecule has 0 radical (unpaired) electrons. The lowest BCUT2D eigenvalue weighted by Crippen LogP contribution is -2.28. The first-order chi connectivity index (χ1) is 5.29. The van der Waals surface area contributed by atoms with Crippen LogP contribution in [0.2, 0.25) is 0 Å². The molecule has 0 aromatic rings. The maximum Gasteiger partial charge on any atom is 0.414 e. The van der Waals surface area contributed by atoms with E-state index >= 15 is 0 Å². The third-order valence-electron chi connectivity index (χ3n) is 1.57. The lowest BCUT2D eigenvalue weighted by atomic mass is 10.2. The Kier molecular flexibility index (Phi) is 2.25. The minimum absolute atomic E-state index is 0.155. The number of cyclic esters (lactones) is 1. The molecule has 0 bridgehead atoms. The highest BCUT2D eigenvalue weighted by molar-refractivity contribution is 5.72. The average molecular weight is 155 g/mol. The molecule has 1 saturated heterocycles. The van der Waals surface area contributed by atoms with E-state index in [9.17, 15) is 9.59 Å². The molecule has 4 nitrogen and oxygen atoms in total. The third-order valence-corrected chi connectivity index (χ3v) is 1.57. The van der Waals surface area contributed by atoms with Gasteiger partial charge >= 0.3 is 6.09 Å². The zero-order valence-electron chi connectivity index (χ0n) is 6.03. The van der Waals surface area contributed by atoms with Crippen molar-refractivity contribution < 1.29 is 14.3 Å². The zero-order chi connectivity index (χ0) is 8.27. The van der Waals surface area contributed by atoms with Gasteiger partial charge in [0.25, 0.3) is 0 Å². The molecule has 4 heteroatoms. The number of rotatable bonds is 3. The fourth-order valence-electron chi connectivity index (χ4n) is 0.988. The van der Waals surface area contributed by atoms with Gasteiger partial charge in [-0.2, -0.15) is 0 Å². The number of carbonyl (C=O) groups is 2. The number of hydrogen-bond acceptors (Lipinski definition) is 3. The first kappa shape index (κ1) is 7.78. The second kappa shape index (κ2) is 3.18. The molecule has 60 valence electrons. The molecule has 1 amide bonds. The first-order valence-electron chi connectivity index (χ1n) is 3.31. The SMILES string of the molecule is C=CN1C(=O)OC[C@@H]1CC=O. The maximum absolute atomic E-state index is 10.8. The molecule has 11 heavy (non-hydrogen) atoms. The number of amides is 1. The predicted molar refractivity (Wildman–Crippen MR) is 37.9 cm³/mol. The monoisotopic (exact) mass is 155 g/mol. The van der Waals surface area contributed by atoms with Crippen molar-refractivity contribution >= 4 is 12.4 Å². The summed E-state index contributed by atoms with van der Waals surface area (Å²) >= 11 is 0. The van der Waals surface area contributed by atoms with Crippen LogP contribution in [-0.4, -0.2) is 29.9 Å². The highest BCUT2D eigenvalue weighted by Gasteiger charge is 2.30. The van der Waals surface area contributed by atoms with E-state index in [4.69, 9.17) is 0 Å². The van der Waals surface area contributed by atoms with Crippen molar-refractivity contribution in [2.45, 2.75) is 12.5 Å². The van der Waals surface area contributed by atoms with Crippen LogP contribution in [0, 0.1) is 0 Å². The van der Waals surface area contributed by atoms with Crippen molar-refractivity contribution in [1.29, 1.82) is 0 Å². The van der Waals surface area contributed by atoms with Crippen LogP contribution in [0.4, 0.5) is 4.79 Å². The molecule has 1 atom stereocenters. The zero-order valence-corrected chi connectivity index (χ0v) is 6.03. The topological polar surface area (TPSA) is 46.6 Å². The van der Waals surface area contributed by atoms with Gasteiger partial charge in [-0.15, -0.1) is 0 Å². The van der Waals surface area contributed by atoms with Gasteiger partial charge < -0.3 is 9.53 Å². The Hall–Kier alpha value is -1.32. The largest absolute Gasteiger partial charge is 0.447 e. The van der Waals surface area contributed by atoms with Crippen molar-refractivity contribution in [3.8, 4) is 0 Å². The summed E-state index contributed by atoms with van der Waals surface area (Å²) < 4.78 is 4.68.